The smallest absolute Gasteiger partial charge is 0.416 e. The highest BCUT2D eigenvalue weighted by molar-refractivity contribution is 6.32. The van der Waals surface area contributed by atoms with Gasteiger partial charge in [-0.25, -0.2) is 9.48 Å². The number of nitrogens with zero attached hydrogens (tertiary/aromatic N) is 2. The van der Waals surface area contributed by atoms with E-state index in [2.05, 4.69) is 15.4 Å². The number of aromatic amines is 1. The van der Waals surface area contributed by atoms with Crippen LogP contribution in [0.25, 0.3) is 5.69 Å². The van der Waals surface area contributed by atoms with Crippen molar-refractivity contribution in [1.82, 2.24) is 14.8 Å². The molecule has 0 aliphatic rings. The van der Waals surface area contributed by atoms with Crippen LogP contribution in [0.2, 0.25) is 5.02 Å². The Morgan fingerprint density at radius 3 is 2.47 bits per heavy atom. The number of hydrogen-bond acceptors (Lipinski definition) is 5. The summed E-state index contributed by atoms with van der Waals surface area (Å²) in [5.74, 6) is -1.60. The molecule has 1 amide bonds. The number of carbonyl (C=O) groups is 3. The fourth-order valence-corrected chi connectivity index (χ4v) is 3.69. The van der Waals surface area contributed by atoms with Crippen LogP contribution < -0.4 is 5.32 Å². The van der Waals surface area contributed by atoms with Gasteiger partial charge in [0.1, 0.15) is 5.82 Å². The maximum atomic E-state index is 13.2. The Bertz CT molecular complexity index is 1290. The summed E-state index contributed by atoms with van der Waals surface area (Å²) in [6.07, 6.45) is -4.95. The molecule has 3 aromatic rings. The molecule has 0 bridgehead atoms. The van der Waals surface area contributed by atoms with Crippen molar-refractivity contribution in [3.8, 4) is 5.69 Å². The Balaban J connectivity index is 1.96. The summed E-state index contributed by atoms with van der Waals surface area (Å²) in [4.78, 5) is 39.7. The molecule has 0 atom stereocenters. The molecule has 2 heterocycles. The lowest BCUT2D eigenvalue weighted by Gasteiger charge is -2.13. The van der Waals surface area contributed by atoms with Crippen molar-refractivity contribution in [3.05, 3.63) is 63.1 Å². The predicted molar refractivity (Wildman–Crippen MR) is 118 cm³/mol. The molecule has 0 unspecified atom stereocenters. The third kappa shape index (κ3) is 4.98. The van der Waals surface area contributed by atoms with Crippen molar-refractivity contribution in [2.24, 2.45) is 0 Å². The Hall–Kier alpha value is -3.60. The van der Waals surface area contributed by atoms with Crippen molar-refractivity contribution < 1.29 is 32.3 Å². The van der Waals surface area contributed by atoms with Gasteiger partial charge < -0.3 is 15.0 Å². The first kappa shape index (κ1) is 25.0. The lowest BCUT2D eigenvalue weighted by atomic mass is 10.1. The third-order valence-corrected chi connectivity index (χ3v) is 5.33. The molecule has 2 aromatic heterocycles. The van der Waals surface area contributed by atoms with Gasteiger partial charge in [-0.3, -0.25) is 9.59 Å². The number of H-pyrrole nitrogens is 1. The van der Waals surface area contributed by atoms with Crippen LogP contribution in [0.15, 0.2) is 24.3 Å². The molecule has 0 fully saturated rings. The Kier molecular flexibility index (Phi) is 6.87. The van der Waals surface area contributed by atoms with E-state index >= 15 is 0 Å². The Morgan fingerprint density at radius 2 is 1.88 bits per heavy atom. The largest absolute Gasteiger partial charge is 0.465 e. The number of benzene rings is 1. The number of carbonyl (C=O) groups excluding carboxylic acids is 3. The van der Waals surface area contributed by atoms with Gasteiger partial charge in [-0.15, -0.1) is 0 Å². The van der Waals surface area contributed by atoms with Gasteiger partial charge in [-0.2, -0.15) is 18.3 Å². The summed E-state index contributed by atoms with van der Waals surface area (Å²) in [7, 11) is 1.17. The number of rotatable bonds is 6. The molecule has 0 spiro atoms. The molecule has 8 nitrogen and oxygen atoms in total. The highest BCUT2D eigenvalue weighted by atomic mass is 35.5. The quantitative estimate of drug-likeness (QED) is 0.381. The van der Waals surface area contributed by atoms with E-state index in [1.807, 2.05) is 0 Å². The minimum absolute atomic E-state index is 0.00864. The summed E-state index contributed by atoms with van der Waals surface area (Å²) >= 11 is 6.12. The first-order chi connectivity index (χ1) is 15.8. The Labute approximate surface area is 197 Å². The molecule has 1 aromatic carbocycles. The van der Waals surface area contributed by atoms with Gasteiger partial charge in [-0.1, -0.05) is 11.6 Å². The van der Waals surface area contributed by atoms with Crippen LogP contribution in [0, 0.1) is 13.8 Å². The lowest BCUT2D eigenvalue weighted by molar-refractivity contribution is -0.137. The van der Waals surface area contributed by atoms with Crippen molar-refractivity contribution in [2.75, 3.05) is 12.4 Å². The number of aryl methyl sites for hydroxylation is 1. The first-order valence-electron chi connectivity index (χ1n) is 9.87. The second kappa shape index (κ2) is 9.34. The van der Waals surface area contributed by atoms with E-state index in [4.69, 9.17) is 16.3 Å². The van der Waals surface area contributed by atoms with E-state index in [1.165, 1.54) is 20.1 Å². The number of aromatic nitrogens is 3. The van der Waals surface area contributed by atoms with Crippen LogP contribution in [-0.4, -0.2) is 39.5 Å². The van der Waals surface area contributed by atoms with E-state index in [0.717, 1.165) is 22.9 Å². The van der Waals surface area contributed by atoms with Crippen LogP contribution >= 0.6 is 11.6 Å². The summed E-state index contributed by atoms with van der Waals surface area (Å²) in [5.41, 5.74) is 0.135. The number of ketones is 1. The average Bonchev–Trinajstić information content (AvgIpc) is 3.26. The van der Waals surface area contributed by atoms with E-state index < -0.39 is 23.6 Å². The highest BCUT2D eigenvalue weighted by Crippen LogP contribution is 2.34. The molecule has 0 radical (unpaired) electrons. The molecule has 0 saturated carbocycles. The molecule has 34 heavy (non-hydrogen) atoms. The van der Waals surface area contributed by atoms with Gasteiger partial charge in [-0.05, 0) is 37.6 Å². The number of halogens is 4. The highest BCUT2D eigenvalue weighted by Gasteiger charge is 2.31. The minimum Gasteiger partial charge on any atom is -0.465 e. The second-order valence-corrected chi connectivity index (χ2v) is 7.91. The summed E-state index contributed by atoms with van der Waals surface area (Å²) < 4.78 is 45.4. The van der Waals surface area contributed by atoms with Crippen molar-refractivity contribution in [1.29, 1.82) is 0 Å². The number of hydrogen-bond donors (Lipinski definition) is 2. The maximum Gasteiger partial charge on any atom is 0.416 e. The molecular formula is C22H20ClF3N4O4. The van der Waals surface area contributed by atoms with Crippen LogP contribution in [0.4, 0.5) is 19.0 Å². The predicted octanol–water partition coefficient (Wildman–Crippen LogP) is 4.66. The van der Waals surface area contributed by atoms with Gasteiger partial charge in [0.15, 0.2) is 5.78 Å². The topological polar surface area (TPSA) is 106 Å². The lowest BCUT2D eigenvalue weighted by Crippen LogP contribution is -2.19. The number of alkyl halides is 3. The van der Waals surface area contributed by atoms with Crippen LogP contribution in [0.3, 0.4) is 0 Å². The van der Waals surface area contributed by atoms with Crippen molar-refractivity contribution in [3.63, 3.8) is 0 Å². The van der Waals surface area contributed by atoms with Gasteiger partial charge in [0.05, 0.1) is 46.8 Å². The fourth-order valence-electron chi connectivity index (χ4n) is 3.49. The third-order valence-electron chi connectivity index (χ3n) is 5.01. The Morgan fingerprint density at radius 1 is 1.21 bits per heavy atom. The number of amides is 1. The van der Waals surface area contributed by atoms with Crippen LogP contribution in [0.5, 0.6) is 0 Å². The second-order valence-electron chi connectivity index (χ2n) is 7.50. The molecule has 2 N–H and O–H groups in total. The average molecular weight is 497 g/mol. The number of Topliss-reactive ketones (excluding diaryl/α,β-unsaturated/α-hetero) is 1. The summed E-state index contributed by atoms with van der Waals surface area (Å²) in [5, 5.41) is 6.71. The van der Waals surface area contributed by atoms with E-state index in [-0.39, 0.29) is 45.7 Å². The normalized spacial score (nSPS) is 11.4. The zero-order chi connectivity index (χ0) is 25.4. The summed E-state index contributed by atoms with van der Waals surface area (Å²) in [6.45, 7) is 4.45. The number of anilines is 1. The molecule has 0 aliphatic carbocycles. The van der Waals surface area contributed by atoms with Crippen LogP contribution in [0.1, 0.15) is 50.3 Å². The number of nitrogens with one attached hydrogen (secondary N) is 2. The fraction of sp³-hybridized carbons (Fsp3) is 0.273. The molecule has 180 valence electrons. The maximum absolute atomic E-state index is 13.2. The number of esters is 1. The molecule has 3 rings (SSSR count). The zero-order valence-electron chi connectivity index (χ0n) is 18.6. The standard InChI is InChI=1S/C22H20ClF3N4O4/c1-10-7-17(30(29-10)16-8-13(22(24,25)26)5-6-14(16)23)28-18(32)9-15-19(21(33)34-4)11(2)20(27-15)12(3)31/h5-8,27H,9H2,1-4H3,(H,28,32). The molecule has 0 saturated heterocycles. The minimum atomic E-state index is -4.60. The van der Waals surface area contributed by atoms with Gasteiger partial charge in [0, 0.05) is 18.7 Å². The van der Waals surface area contributed by atoms with Gasteiger partial charge in [0.2, 0.25) is 5.91 Å². The van der Waals surface area contributed by atoms with E-state index in [1.54, 1.807) is 13.8 Å². The van der Waals surface area contributed by atoms with E-state index in [0.29, 0.717) is 11.3 Å². The molecular weight excluding hydrogens is 477 g/mol. The van der Waals surface area contributed by atoms with Gasteiger partial charge >= 0.3 is 12.1 Å². The zero-order valence-corrected chi connectivity index (χ0v) is 19.3. The van der Waals surface area contributed by atoms with Crippen LogP contribution in [-0.2, 0) is 22.1 Å². The van der Waals surface area contributed by atoms with Crippen molar-refractivity contribution >= 4 is 35.1 Å². The SMILES string of the molecule is COC(=O)c1c(CC(=O)Nc2cc(C)nn2-c2cc(C(F)(F)F)ccc2Cl)[nH]c(C(C)=O)c1C. The number of ether oxygens (including phenoxy) is 1. The number of methoxy groups -OCH3 is 1. The summed E-state index contributed by atoms with van der Waals surface area (Å²) in [6, 6.07) is 4.22. The monoisotopic (exact) mass is 496 g/mol. The molecule has 0 aliphatic heterocycles. The first-order valence-corrected chi connectivity index (χ1v) is 10.3. The van der Waals surface area contributed by atoms with E-state index in [9.17, 15) is 27.6 Å². The molecule has 12 heteroatoms. The van der Waals surface area contributed by atoms with Gasteiger partial charge in [0.25, 0.3) is 0 Å². The van der Waals surface area contributed by atoms with Crippen molar-refractivity contribution in [2.45, 2.75) is 33.4 Å².